The van der Waals surface area contributed by atoms with Crippen LogP contribution in [0.3, 0.4) is 0 Å². The molecular formula is C11H14N2O. The Kier molecular flexibility index (Phi) is 2.04. The molecule has 74 valence electrons. The van der Waals surface area contributed by atoms with Gasteiger partial charge in [-0.05, 0) is 25.5 Å². The van der Waals surface area contributed by atoms with Crippen LogP contribution in [-0.4, -0.2) is 15.1 Å². The van der Waals surface area contributed by atoms with Gasteiger partial charge in [-0.15, -0.1) is 0 Å². The molecule has 2 rings (SSSR count). The first-order chi connectivity index (χ1) is 6.65. The van der Waals surface area contributed by atoms with Gasteiger partial charge in [0.15, 0.2) is 0 Å². The van der Waals surface area contributed by atoms with Gasteiger partial charge in [0.05, 0.1) is 5.60 Å². The van der Waals surface area contributed by atoms with Crippen LogP contribution in [0.25, 0.3) is 11.0 Å². The zero-order chi connectivity index (χ0) is 10.2. The maximum atomic E-state index is 10.1. The smallest absolute Gasteiger partial charge is 0.137 e. The summed E-state index contributed by atoms with van der Waals surface area (Å²) in [6.45, 7) is 3.79. The van der Waals surface area contributed by atoms with Crippen molar-refractivity contribution in [1.29, 1.82) is 0 Å². The van der Waals surface area contributed by atoms with E-state index in [0.717, 1.165) is 16.6 Å². The minimum absolute atomic E-state index is 0.689. The number of rotatable bonds is 2. The Hall–Kier alpha value is -1.35. The highest BCUT2D eigenvalue weighted by Crippen LogP contribution is 2.29. The molecule has 3 heteroatoms. The fourth-order valence-electron chi connectivity index (χ4n) is 1.59. The van der Waals surface area contributed by atoms with E-state index < -0.39 is 5.60 Å². The van der Waals surface area contributed by atoms with Gasteiger partial charge in [-0.25, -0.2) is 4.98 Å². The van der Waals surface area contributed by atoms with Crippen LogP contribution in [0.15, 0.2) is 24.5 Å². The molecule has 2 aromatic rings. The van der Waals surface area contributed by atoms with E-state index in [1.165, 1.54) is 0 Å². The lowest BCUT2D eigenvalue weighted by molar-refractivity contribution is 0.0546. The Morgan fingerprint density at radius 2 is 2.36 bits per heavy atom. The van der Waals surface area contributed by atoms with Crippen LogP contribution in [0.2, 0.25) is 0 Å². The number of hydrogen-bond donors (Lipinski definition) is 2. The van der Waals surface area contributed by atoms with E-state index in [4.69, 9.17) is 0 Å². The van der Waals surface area contributed by atoms with Crippen molar-refractivity contribution in [2.45, 2.75) is 25.9 Å². The maximum Gasteiger partial charge on any atom is 0.137 e. The van der Waals surface area contributed by atoms with Crippen molar-refractivity contribution in [2.75, 3.05) is 0 Å². The van der Waals surface area contributed by atoms with E-state index >= 15 is 0 Å². The average molecular weight is 190 g/mol. The van der Waals surface area contributed by atoms with Crippen LogP contribution in [-0.2, 0) is 5.60 Å². The molecule has 0 radical (unpaired) electrons. The molecule has 3 nitrogen and oxygen atoms in total. The average Bonchev–Trinajstić information content (AvgIpc) is 2.61. The van der Waals surface area contributed by atoms with Gasteiger partial charge in [0.1, 0.15) is 5.65 Å². The minimum atomic E-state index is -0.777. The van der Waals surface area contributed by atoms with Crippen molar-refractivity contribution < 1.29 is 5.11 Å². The van der Waals surface area contributed by atoms with Gasteiger partial charge in [-0.2, -0.15) is 0 Å². The van der Waals surface area contributed by atoms with Gasteiger partial charge in [0, 0.05) is 23.3 Å². The Bertz CT molecular complexity index is 445. The quantitative estimate of drug-likeness (QED) is 0.762. The Labute approximate surface area is 82.8 Å². The zero-order valence-electron chi connectivity index (χ0n) is 8.41. The lowest BCUT2D eigenvalue weighted by Crippen LogP contribution is -2.18. The first-order valence-corrected chi connectivity index (χ1v) is 4.80. The first kappa shape index (κ1) is 9.21. The summed E-state index contributed by atoms with van der Waals surface area (Å²) in [7, 11) is 0. The van der Waals surface area contributed by atoms with Crippen LogP contribution >= 0.6 is 0 Å². The monoisotopic (exact) mass is 190 g/mol. The van der Waals surface area contributed by atoms with Crippen molar-refractivity contribution >= 4 is 11.0 Å². The van der Waals surface area contributed by atoms with Crippen LogP contribution < -0.4 is 0 Å². The van der Waals surface area contributed by atoms with Crippen molar-refractivity contribution in [2.24, 2.45) is 0 Å². The van der Waals surface area contributed by atoms with E-state index in [2.05, 4.69) is 9.97 Å². The molecule has 0 aliphatic heterocycles. The Morgan fingerprint density at radius 1 is 1.57 bits per heavy atom. The molecule has 14 heavy (non-hydrogen) atoms. The summed E-state index contributed by atoms with van der Waals surface area (Å²) in [5, 5.41) is 11.1. The lowest BCUT2D eigenvalue weighted by atomic mass is 9.94. The molecule has 2 aromatic heterocycles. The molecule has 1 atom stereocenters. The molecule has 1 unspecified atom stereocenters. The number of aliphatic hydroxyl groups is 1. The molecule has 0 aliphatic rings. The molecule has 0 aliphatic carbocycles. The number of H-pyrrole nitrogens is 1. The normalized spacial score (nSPS) is 15.6. The van der Waals surface area contributed by atoms with Crippen LogP contribution in [0.1, 0.15) is 25.8 Å². The predicted octanol–water partition coefficient (Wildman–Crippen LogP) is 2.18. The minimum Gasteiger partial charge on any atom is -0.385 e. The number of nitrogens with one attached hydrogen (secondary N) is 1. The Morgan fingerprint density at radius 3 is 3.07 bits per heavy atom. The highest BCUT2D eigenvalue weighted by molar-refractivity contribution is 5.80. The third-order valence-corrected chi connectivity index (χ3v) is 2.72. The zero-order valence-corrected chi connectivity index (χ0v) is 8.41. The van der Waals surface area contributed by atoms with Crippen LogP contribution in [0.5, 0.6) is 0 Å². The number of aromatic amines is 1. The van der Waals surface area contributed by atoms with E-state index in [0.29, 0.717) is 6.42 Å². The summed E-state index contributed by atoms with van der Waals surface area (Å²) in [5.74, 6) is 0. The first-order valence-electron chi connectivity index (χ1n) is 4.80. The van der Waals surface area contributed by atoms with Gasteiger partial charge in [-0.3, -0.25) is 0 Å². The Balaban J connectivity index is 2.64. The molecule has 0 spiro atoms. The number of fused-ring (bicyclic) bond motifs is 1. The molecule has 0 bridgehead atoms. The van der Waals surface area contributed by atoms with Crippen molar-refractivity contribution in [3.05, 3.63) is 30.1 Å². The molecule has 2 heterocycles. The van der Waals surface area contributed by atoms with E-state index in [9.17, 15) is 5.11 Å². The van der Waals surface area contributed by atoms with Gasteiger partial charge < -0.3 is 10.1 Å². The second-order valence-electron chi connectivity index (χ2n) is 3.73. The van der Waals surface area contributed by atoms with Crippen molar-refractivity contribution in [3.8, 4) is 0 Å². The molecular weight excluding hydrogens is 176 g/mol. The lowest BCUT2D eigenvalue weighted by Gasteiger charge is -2.20. The summed E-state index contributed by atoms with van der Waals surface area (Å²) in [5.41, 5.74) is 0.973. The largest absolute Gasteiger partial charge is 0.385 e. The van der Waals surface area contributed by atoms with Gasteiger partial charge in [0.25, 0.3) is 0 Å². The molecule has 0 saturated heterocycles. The van der Waals surface area contributed by atoms with E-state index in [1.807, 2.05) is 32.2 Å². The summed E-state index contributed by atoms with van der Waals surface area (Å²) in [4.78, 5) is 7.24. The number of nitrogens with zero attached hydrogens (tertiary/aromatic N) is 1. The molecule has 0 aromatic carbocycles. The second kappa shape index (κ2) is 3.10. The SMILES string of the molecule is CCC(C)(O)c1c[nH]c2ncccc12. The number of hydrogen-bond acceptors (Lipinski definition) is 2. The maximum absolute atomic E-state index is 10.1. The fraction of sp³-hybridized carbons (Fsp3) is 0.364. The third kappa shape index (κ3) is 1.30. The third-order valence-electron chi connectivity index (χ3n) is 2.72. The molecule has 0 amide bonds. The predicted molar refractivity (Wildman–Crippen MR) is 56.0 cm³/mol. The summed E-state index contributed by atoms with van der Waals surface area (Å²) < 4.78 is 0. The van der Waals surface area contributed by atoms with E-state index in [1.54, 1.807) is 6.20 Å². The second-order valence-corrected chi connectivity index (χ2v) is 3.73. The highest BCUT2D eigenvalue weighted by Gasteiger charge is 2.23. The number of pyridine rings is 1. The number of aromatic nitrogens is 2. The van der Waals surface area contributed by atoms with Crippen molar-refractivity contribution in [3.63, 3.8) is 0 Å². The summed E-state index contributed by atoms with van der Waals surface area (Å²) in [6, 6.07) is 3.85. The summed E-state index contributed by atoms with van der Waals surface area (Å²) in [6.07, 6.45) is 4.26. The van der Waals surface area contributed by atoms with Crippen molar-refractivity contribution in [1.82, 2.24) is 9.97 Å². The molecule has 2 N–H and O–H groups in total. The van der Waals surface area contributed by atoms with Crippen LogP contribution in [0.4, 0.5) is 0 Å². The van der Waals surface area contributed by atoms with E-state index in [-0.39, 0.29) is 0 Å². The molecule has 0 fully saturated rings. The van der Waals surface area contributed by atoms with Gasteiger partial charge in [0.2, 0.25) is 0 Å². The molecule has 0 saturated carbocycles. The van der Waals surface area contributed by atoms with Crippen LogP contribution in [0, 0.1) is 0 Å². The summed E-state index contributed by atoms with van der Waals surface area (Å²) >= 11 is 0. The fourth-order valence-corrected chi connectivity index (χ4v) is 1.59. The highest BCUT2D eigenvalue weighted by atomic mass is 16.3. The van der Waals surface area contributed by atoms with Gasteiger partial charge >= 0.3 is 0 Å². The topological polar surface area (TPSA) is 48.9 Å². The van der Waals surface area contributed by atoms with Gasteiger partial charge in [-0.1, -0.05) is 6.92 Å². The standard InChI is InChI=1S/C11H14N2O/c1-3-11(2,14)9-7-13-10-8(9)5-4-6-12-10/h4-7,14H,3H2,1-2H3,(H,12,13).